The van der Waals surface area contributed by atoms with Crippen molar-refractivity contribution in [2.75, 3.05) is 0 Å². The van der Waals surface area contributed by atoms with Crippen LogP contribution in [-0.4, -0.2) is 10.8 Å². The van der Waals surface area contributed by atoms with Crippen molar-refractivity contribution in [3.8, 4) is 0 Å². The van der Waals surface area contributed by atoms with Crippen LogP contribution < -0.4 is 0 Å². The molecule has 1 aromatic heterocycles. The largest absolute Gasteiger partial charge is 0.300 e. The van der Waals surface area contributed by atoms with Gasteiger partial charge in [-0.05, 0) is 25.1 Å². The topological polar surface area (TPSA) is 30.0 Å². The minimum atomic E-state index is 0.136. The summed E-state index contributed by atoms with van der Waals surface area (Å²) in [7, 11) is 0. The third kappa shape index (κ3) is 2.42. The molecule has 0 fully saturated rings. The number of pyridine rings is 1. The summed E-state index contributed by atoms with van der Waals surface area (Å²) in [4.78, 5) is 15.4. The van der Waals surface area contributed by atoms with Crippen LogP contribution in [0, 0.1) is 0 Å². The van der Waals surface area contributed by atoms with Crippen molar-refractivity contribution < 1.29 is 4.79 Å². The fourth-order valence-electron chi connectivity index (χ4n) is 1.49. The number of halogens is 1. The summed E-state index contributed by atoms with van der Waals surface area (Å²) in [5.74, 6) is 0.136. The first-order chi connectivity index (χ1) is 7.15. The number of aromatic nitrogens is 1. The highest BCUT2D eigenvalue weighted by Crippen LogP contribution is 2.18. The quantitative estimate of drug-likeness (QED) is 0.834. The lowest BCUT2D eigenvalue weighted by Crippen LogP contribution is -1.98. The molecule has 0 bridgehead atoms. The number of carbonyl (C=O) groups excluding carboxylic acids is 1. The summed E-state index contributed by atoms with van der Waals surface area (Å²) in [6.45, 7) is 1.58. The van der Waals surface area contributed by atoms with Crippen molar-refractivity contribution in [1.82, 2.24) is 4.98 Å². The zero-order valence-corrected chi connectivity index (χ0v) is 9.91. The van der Waals surface area contributed by atoms with Gasteiger partial charge < -0.3 is 0 Å². The first-order valence-corrected chi connectivity index (χ1v) is 5.49. The molecule has 0 aliphatic rings. The van der Waals surface area contributed by atoms with E-state index in [1.807, 2.05) is 30.3 Å². The summed E-state index contributed by atoms with van der Waals surface area (Å²) in [5.41, 5.74) is 1.75. The molecule has 76 valence electrons. The predicted octanol–water partition coefficient (Wildman–Crippen LogP) is 3.13. The Bertz CT molecular complexity index is 522. The standard InChI is InChI=1S/C12H10BrNO/c1-8(15)6-11-5-3-9-2-4-10(13)7-12(9)14-11/h2-5,7H,6H2,1H3. The Balaban J connectivity index is 2.49. The minimum Gasteiger partial charge on any atom is -0.300 e. The lowest BCUT2D eigenvalue weighted by Gasteiger charge is -2.01. The van der Waals surface area contributed by atoms with Crippen molar-refractivity contribution in [3.05, 3.63) is 40.5 Å². The lowest BCUT2D eigenvalue weighted by molar-refractivity contribution is -0.116. The molecule has 0 unspecified atom stereocenters. The second kappa shape index (κ2) is 4.11. The van der Waals surface area contributed by atoms with E-state index in [0.29, 0.717) is 6.42 Å². The summed E-state index contributed by atoms with van der Waals surface area (Å²) < 4.78 is 1.00. The number of benzene rings is 1. The number of carbonyl (C=O) groups is 1. The molecule has 0 aliphatic heterocycles. The highest BCUT2D eigenvalue weighted by molar-refractivity contribution is 9.10. The van der Waals surface area contributed by atoms with E-state index in [2.05, 4.69) is 20.9 Å². The van der Waals surface area contributed by atoms with Crippen LogP contribution in [0.4, 0.5) is 0 Å². The SMILES string of the molecule is CC(=O)Cc1ccc2ccc(Br)cc2n1. The molecule has 0 aliphatic carbocycles. The molecule has 0 amide bonds. The van der Waals surface area contributed by atoms with Gasteiger partial charge in [0.2, 0.25) is 0 Å². The number of Topliss-reactive ketones (excluding diaryl/α,β-unsaturated/α-hetero) is 1. The van der Waals surface area contributed by atoms with Crippen molar-refractivity contribution in [3.63, 3.8) is 0 Å². The average molecular weight is 264 g/mol. The van der Waals surface area contributed by atoms with E-state index in [-0.39, 0.29) is 5.78 Å². The molecule has 0 saturated heterocycles. The maximum atomic E-state index is 11.0. The molecule has 3 heteroatoms. The maximum absolute atomic E-state index is 11.0. The van der Waals surface area contributed by atoms with Crippen molar-refractivity contribution in [2.24, 2.45) is 0 Å². The van der Waals surface area contributed by atoms with Gasteiger partial charge in [-0.2, -0.15) is 0 Å². The van der Waals surface area contributed by atoms with Crippen LogP contribution in [0.15, 0.2) is 34.8 Å². The molecule has 15 heavy (non-hydrogen) atoms. The highest BCUT2D eigenvalue weighted by atomic mass is 79.9. The zero-order valence-electron chi connectivity index (χ0n) is 8.33. The van der Waals surface area contributed by atoms with Crippen LogP contribution in [-0.2, 0) is 11.2 Å². The van der Waals surface area contributed by atoms with E-state index in [1.165, 1.54) is 0 Å². The first kappa shape index (κ1) is 10.3. The van der Waals surface area contributed by atoms with Crippen molar-refractivity contribution in [1.29, 1.82) is 0 Å². The molecule has 0 N–H and O–H groups in total. The van der Waals surface area contributed by atoms with Gasteiger partial charge in [0.1, 0.15) is 5.78 Å². The molecule has 1 aromatic carbocycles. The average Bonchev–Trinajstić information content (AvgIpc) is 2.16. The number of hydrogen-bond donors (Lipinski definition) is 0. The zero-order chi connectivity index (χ0) is 10.8. The monoisotopic (exact) mass is 263 g/mol. The molecular weight excluding hydrogens is 254 g/mol. The fourth-order valence-corrected chi connectivity index (χ4v) is 1.84. The van der Waals surface area contributed by atoms with Crippen molar-refractivity contribution >= 4 is 32.6 Å². The minimum absolute atomic E-state index is 0.136. The molecule has 0 atom stereocenters. The molecule has 0 saturated carbocycles. The van der Waals surface area contributed by atoms with Gasteiger partial charge in [-0.3, -0.25) is 9.78 Å². The van der Waals surface area contributed by atoms with Crippen LogP contribution in [0.5, 0.6) is 0 Å². The lowest BCUT2D eigenvalue weighted by atomic mass is 10.1. The van der Waals surface area contributed by atoms with Crippen LogP contribution in [0.1, 0.15) is 12.6 Å². The first-order valence-electron chi connectivity index (χ1n) is 4.70. The van der Waals surface area contributed by atoms with Crippen LogP contribution >= 0.6 is 15.9 Å². The van der Waals surface area contributed by atoms with Crippen LogP contribution in [0.3, 0.4) is 0 Å². The normalized spacial score (nSPS) is 10.5. The maximum Gasteiger partial charge on any atom is 0.135 e. The van der Waals surface area contributed by atoms with E-state index in [0.717, 1.165) is 21.1 Å². The number of hydrogen-bond acceptors (Lipinski definition) is 2. The molecule has 2 aromatic rings. The fraction of sp³-hybridized carbons (Fsp3) is 0.167. The molecule has 2 rings (SSSR count). The number of ketones is 1. The Hall–Kier alpha value is -1.22. The van der Waals surface area contributed by atoms with Gasteiger partial charge in [-0.15, -0.1) is 0 Å². The summed E-state index contributed by atoms with van der Waals surface area (Å²) in [5, 5.41) is 1.09. The summed E-state index contributed by atoms with van der Waals surface area (Å²) in [6.07, 6.45) is 0.405. The molecule has 1 heterocycles. The second-order valence-corrected chi connectivity index (χ2v) is 4.43. The van der Waals surface area contributed by atoms with Gasteiger partial charge in [0, 0.05) is 22.0 Å². The summed E-state index contributed by atoms with van der Waals surface area (Å²) in [6, 6.07) is 9.84. The Labute approximate surface area is 96.5 Å². The van der Waals surface area contributed by atoms with Crippen molar-refractivity contribution in [2.45, 2.75) is 13.3 Å². The molecular formula is C12H10BrNO. The van der Waals surface area contributed by atoms with Gasteiger partial charge in [-0.1, -0.05) is 28.1 Å². The molecule has 0 spiro atoms. The third-order valence-electron chi connectivity index (χ3n) is 2.14. The van der Waals surface area contributed by atoms with Gasteiger partial charge in [0.25, 0.3) is 0 Å². The Morgan fingerprint density at radius 2 is 2.07 bits per heavy atom. The highest BCUT2D eigenvalue weighted by Gasteiger charge is 2.01. The third-order valence-corrected chi connectivity index (χ3v) is 2.64. The van der Waals surface area contributed by atoms with Crippen LogP contribution in [0.2, 0.25) is 0 Å². The second-order valence-electron chi connectivity index (χ2n) is 3.52. The number of rotatable bonds is 2. The Morgan fingerprint density at radius 1 is 1.33 bits per heavy atom. The van der Waals surface area contributed by atoms with Gasteiger partial charge >= 0.3 is 0 Å². The summed E-state index contributed by atoms with van der Waals surface area (Å²) >= 11 is 3.40. The Morgan fingerprint density at radius 3 is 2.80 bits per heavy atom. The molecule has 0 radical (unpaired) electrons. The predicted molar refractivity (Wildman–Crippen MR) is 63.8 cm³/mol. The van der Waals surface area contributed by atoms with E-state index in [4.69, 9.17) is 0 Å². The van der Waals surface area contributed by atoms with Gasteiger partial charge in [0.15, 0.2) is 0 Å². The molecule has 2 nitrogen and oxygen atoms in total. The van der Waals surface area contributed by atoms with E-state index in [1.54, 1.807) is 6.92 Å². The van der Waals surface area contributed by atoms with Crippen LogP contribution in [0.25, 0.3) is 10.9 Å². The Kier molecular flexibility index (Phi) is 2.82. The van der Waals surface area contributed by atoms with E-state index < -0.39 is 0 Å². The van der Waals surface area contributed by atoms with Gasteiger partial charge in [0.05, 0.1) is 5.52 Å². The van der Waals surface area contributed by atoms with E-state index >= 15 is 0 Å². The number of nitrogens with zero attached hydrogens (tertiary/aromatic N) is 1. The smallest absolute Gasteiger partial charge is 0.135 e. The van der Waals surface area contributed by atoms with Gasteiger partial charge in [-0.25, -0.2) is 0 Å². The van der Waals surface area contributed by atoms with E-state index in [9.17, 15) is 4.79 Å². The number of fused-ring (bicyclic) bond motifs is 1.